The molecule has 0 spiro atoms. The molecular formula is C14H22N2O4. The number of aliphatic carboxylic acids is 1. The third-order valence-electron chi connectivity index (χ3n) is 3.97. The summed E-state index contributed by atoms with van der Waals surface area (Å²) in [4.78, 5) is 33.9. The highest BCUT2D eigenvalue weighted by molar-refractivity contribution is 5.81. The van der Waals surface area contributed by atoms with Crippen molar-refractivity contribution in [3.63, 3.8) is 0 Å². The molecule has 6 heteroatoms. The van der Waals surface area contributed by atoms with Crippen molar-refractivity contribution in [1.29, 1.82) is 0 Å². The van der Waals surface area contributed by atoms with Gasteiger partial charge in [0.1, 0.15) is 0 Å². The highest BCUT2D eigenvalue weighted by Gasteiger charge is 2.30. The van der Waals surface area contributed by atoms with Crippen molar-refractivity contribution < 1.29 is 19.5 Å². The average molecular weight is 282 g/mol. The summed E-state index contributed by atoms with van der Waals surface area (Å²) in [5.41, 5.74) is 0. The predicted octanol–water partition coefficient (Wildman–Crippen LogP) is 0.662. The Balaban J connectivity index is 1.54. The van der Waals surface area contributed by atoms with Crippen LogP contribution in [0.5, 0.6) is 0 Å². The van der Waals surface area contributed by atoms with Gasteiger partial charge >= 0.3 is 5.97 Å². The number of carboxylic acid groups (broad SMARTS) is 1. The van der Waals surface area contributed by atoms with E-state index in [4.69, 9.17) is 5.11 Å². The summed E-state index contributed by atoms with van der Waals surface area (Å²) in [6.07, 6.45) is 4.87. The monoisotopic (exact) mass is 282 g/mol. The summed E-state index contributed by atoms with van der Waals surface area (Å²) in [5.74, 6) is -0.842. The van der Waals surface area contributed by atoms with Crippen LogP contribution >= 0.6 is 0 Å². The first-order valence-electron chi connectivity index (χ1n) is 7.36. The maximum atomic E-state index is 11.7. The van der Waals surface area contributed by atoms with E-state index in [1.165, 1.54) is 0 Å². The molecule has 2 rings (SSSR count). The van der Waals surface area contributed by atoms with Crippen LogP contribution in [-0.2, 0) is 14.4 Å². The maximum Gasteiger partial charge on any atom is 0.306 e. The SMILES string of the molecule is O=C(CCCNC(=O)C1CC1)N[C@H]1CC[C@@H](C(=O)O)C1. The van der Waals surface area contributed by atoms with Gasteiger partial charge in [0.05, 0.1) is 5.92 Å². The largest absolute Gasteiger partial charge is 0.481 e. The van der Waals surface area contributed by atoms with Gasteiger partial charge < -0.3 is 15.7 Å². The van der Waals surface area contributed by atoms with Crippen LogP contribution in [0.25, 0.3) is 0 Å². The highest BCUT2D eigenvalue weighted by Crippen LogP contribution is 2.28. The Morgan fingerprint density at radius 2 is 1.75 bits per heavy atom. The Bertz CT molecular complexity index is 393. The van der Waals surface area contributed by atoms with Gasteiger partial charge in [0.2, 0.25) is 11.8 Å². The van der Waals surface area contributed by atoms with Crippen molar-refractivity contribution in [3.8, 4) is 0 Å². The standard InChI is InChI=1S/C14H22N2O4/c17-12(2-1-7-15-13(18)9-3-4-9)16-11-6-5-10(8-11)14(19)20/h9-11H,1-8H2,(H,15,18)(H,16,17)(H,19,20)/t10-,11+/m1/s1. The lowest BCUT2D eigenvalue weighted by Gasteiger charge is -2.12. The molecule has 0 unspecified atom stereocenters. The molecule has 3 N–H and O–H groups in total. The fourth-order valence-electron chi connectivity index (χ4n) is 2.59. The van der Waals surface area contributed by atoms with Gasteiger partial charge in [-0.15, -0.1) is 0 Å². The fourth-order valence-corrected chi connectivity index (χ4v) is 2.59. The van der Waals surface area contributed by atoms with Crippen LogP contribution in [0.2, 0.25) is 0 Å². The van der Waals surface area contributed by atoms with E-state index in [1.54, 1.807) is 0 Å². The minimum Gasteiger partial charge on any atom is -0.481 e. The summed E-state index contributed by atoms with van der Waals surface area (Å²) >= 11 is 0. The van der Waals surface area contributed by atoms with Gasteiger partial charge in [0.25, 0.3) is 0 Å². The summed E-state index contributed by atoms with van der Waals surface area (Å²) in [6, 6.07) is -0.00958. The molecule has 0 bridgehead atoms. The first-order chi connectivity index (χ1) is 9.56. The minimum atomic E-state index is -0.774. The summed E-state index contributed by atoms with van der Waals surface area (Å²) in [7, 11) is 0. The molecule has 2 fully saturated rings. The minimum absolute atomic E-state index is 0.00958. The average Bonchev–Trinajstić information content (AvgIpc) is 3.15. The number of carboxylic acids is 1. The molecule has 0 heterocycles. The van der Waals surface area contributed by atoms with Gasteiger partial charge in [-0.3, -0.25) is 14.4 Å². The van der Waals surface area contributed by atoms with E-state index in [-0.39, 0.29) is 29.7 Å². The smallest absolute Gasteiger partial charge is 0.306 e. The zero-order valence-electron chi connectivity index (χ0n) is 11.6. The van der Waals surface area contributed by atoms with Crippen molar-refractivity contribution in [2.24, 2.45) is 11.8 Å². The van der Waals surface area contributed by atoms with Crippen LogP contribution in [0.4, 0.5) is 0 Å². The molecule has 0 radical (unpaired) electrons. The van der Waals surface area contributed by atoms with Crippen LogP contribution < -0.4 is 10.6 Å². The van der Waals surface area contributed by atoms with E-state index < -0.39 is 5.97 Å². The third kappa shape index (κ3) is 4.51. The quantitative estimate of drug-likeness (QED) is 0.598. The van der Waals surface area contributed by atoms with Crippen LogP contribution in [0.15, 0.2) is 0 Å². The number of carbonyl (C=O) groups is 3. The second-order valence-electron chi connectivity index (χ2n) is 5.78. The van der Waals surface area contributed by atoms with E-state index in [0.717, 1.165) is 19.3 Å². The molecule has 20 heavy (non-hydrogen) atoms. The van der Waals surface area contributed by atoms with Gasteiger partial charge in [-0.05, 0) is 38.5 Å². The molecule has 2 atom stereocenters. The van der Waals surface area contributed by atoms with Crippen molar-refractivity contribution in [2.75, 3.05) is 6.54 Å². The number of rotatable bonds is 7. The molecule has 0 aromatic rings. The molecular weight excluding hydrogens is 260 g/mol. The van der Waals surface area contributed by atoms with Crippen molar-refractivity contribution in [3.05, 3.63) is 0 Å². The van der Waals surface area contributed by atoms with E-state index in [0.29, 0.717) is 32.2 Å². The van der Waals surface area contributed by atoms with Crippen LogP contribution in [0, 0.1) is 11.8 Å². The molecule has 0 aromatic carbocycles. The lowest BCUT2D eigenvalue weighted by molar-refractivity contribution is -0.141. The van der Waals surface area contributed by atoms with Gasteiger partial charge in [-0.2, -0.15) is 0 Å². The summed E-state index contributed by atoms with van der Waals surface area (Å²) < 4.78 is 0. The van der Waals surface area contributed by atoms with E-state index in [1.807, 2.05) is 0 Å². The highest BCUT2D eigenvalue weighted by atomic mass is 16.4. The summed E-state index contributed by atoms with van der Waals surface area (Å²) in [5, 5.41) is 14.6. The Morgan fingerprint density at radius 3 is 2.35 bits per heavy atom. The fraction of sp³-hybridized carbons (Fsp3) is 0.786. The van der Waals surface area contributed by atoms with E-state index >= 15 is 0 Å². The van der Waals surface area contributed by atoms with Crippen LogP contribution in [0.1, 0.15) is 44.9 Å². The Morgan fingerprint density at radius 1 is 1.05 bits per heavy atom. The number of amides is 2. The number of carbonyl (C=O) groups excluding carboxylic acids is 2. The van der Waals surface area contributed by atoms with E-state index in [9.17, 15) is 14.4 Å². The van der Waals surface area contributed by atoms with Crippen LogP contribution in [0.3, 0.4) is 0 Å². The topological polar surface area (TPSA) is 95.5 Å². The molecule has 0 aromatic heterocycles. The van der Waals surface area contributed by atoms with Gasteiger partial charge in [-0.1, -0.05) is 0 Å². The zero-order chi connectivity index (χ0) is 14.5. The normalized spacial score (nSPS) is 25.2. The third-order valence-corrected chi connectivity index (χ3v) is 3.97. The number of nitrogens with one attached hydrogen (secondary N) is 2. The second-order valence-corrected chi connectivity index (χ2v) is 5.78. The van der Waals surface area contributed by atoms with Gasteiger partial charge in [0.15, 0.2) is 0 Å². The molecule has 2 aliphatic carbocycles. The van der Waals surface area contributed by atoms with Gasteiger partial charge in [0, 0.05) is 24.9 Å². The Labute approximate surface area is 118 Å². The van der Waals surface area contributed by atoms with Gasteiger partial charge in [-0.25, -0.2) is 0 Å². The predicted molar refractivity (Wildman–Crippen MR) is 71.9 cm³/mol. The van der Waals surface area contributed by atoms with Crippen molar-refractivity contribution >= 4 is 17.8 Å². The summed E-state index contributed by atoms with van der Waals surface area (Å²) in [6.45, 7) is 0.533. The molecule has 0 saturated heterocycles. The first kappa shape index (κ1) is 14.8. The second kappa shape index (κ2) is 6.72. The number of hydrogen-bond acceptors (Lipinski definition) is 3. The molecule has 2 amide bonds. The number of hydrogen-bond donors (Lipinski definition) is 3. The molecule has 112 valence electrons. The zero-order valence-corrected chi connectivity index (χ0v) is 11.6. The Hall–Kier alpha value is -1.59. The Kier molecular flexibility index (Phi) is 4.98. The molecule has 6 nitrogen and oxygen atoms in total. The van der Waals surface area contributed by atoms with Crippen molar-refractivity contribution in [2.45, 2.75) is 51.0 Å². The van der Waals surface area contributed by atoms with Crippen molar-refractivity contribution in [1.82, 2.24) is 10.6 Å². The molecule has 0 aliphatic heterocycles. The van der Waals surface area contributed by atoms with Crippen LogP contribution in [-0.4, -0.2) is 35.5 Å². The maximum absolute atomic E-state index is 11.7. The molecule has 2 aliphatic rings. The molecule has 2 saturated carbocycles. The lowest BCUT2D eigenvalue weighted by atomic mass is 10.1. The van der Waals surface area contributed by atoms with E-state index in [2.05, 4.69) is 10.6 Å². The lowest BCUT2D eigenvalue weighted by Crippen LogP contribution is -2.34. The first-order valence-corrected chi connectivity index (χ1v) is 7.36.